The summed E-state index contributed by atoms with van der Waals surface area (Å²) in [7, 11) is 0. The maximum atomic E-state index is 10.8. The van der Waals surface area contributed by atoms with Crippen molar-refractivity contribution < 1.29 is 10.0 Å². The fourth-order valence-corrected chi connectivity index (χ4v) is 2.02. The summed E-state index contributed by atoms with van der Waals surface area (Å²) in [5.41, 5.74) is 1.00. The number of aliphatic hydroxyl groups is 1. The van der Waals surface area contributed by atoms with E-state index >= 15 is 0 Å². The van der Waals surface area contributed by atoms with Crippen molar-refractivity contribution in [2.75, 3.05) is 18.0 Å². The molecule has 6 heteroatoms. The molecule has 0 saturated carbocycles. The summed E-state index contributed by atoms with van der Waals surface area (Å²) in [5.74, 6) is 0.404. The number of anilines is 1. The Bertz CT molecular complexity index is 509. The van der Waals surface area contributed by atoms with Gasteiger partial charge in [-0.05, 0) is 18.1 Å². The highest BCUT2D eigenvalue weighted by atomic mass is 16.6. The minimum absolute atomic E-state index is 0.0824. The number of rotatable bonds is 7. The van der Waals surface area contributed by atoms with E-state index in [1.165, 1.54) is 6.07 Å². The zero-order chi connectivity index (χ0) is 15.1. The normalized spacial score (nSPS) is 10.3. The topological polar surface area (TPSA) is 90.4 Å². The number of nitrogens with zero attached hydrogens (tertiary/aromatic N) is 3. The molecule has 0 unspecified atom stereocenters. The van der Waals surface area contributed by atoms with Gasteiger partial charge in [-0.15, -0.1) is 0 Å². The number of aliphatic hydroxyl groups excluding tert-OH is 1. The van der Waals surface area contributed by atoms with Gasteiger partial charge < -0.3 is 10.0 Å². The number of hydrogen-bond acceptors (Lipinski definition) is 5. The number of nitro benzene ring substituents is 1. The lowest BCUT2D eigenvalue weighted by atomic mass is 10.1. The maximum absolute atomic E-state index is 10.8. The molecule has 0 amide bonds. The lowest BCUT2D eigenvalue weighted by molar-refractivity contribution is -0.385. The molecule has 1 aromatic rings. The van der Waals surface area contributed by atoms with Gasteiger partial charge in [-0.1, -0.05) is 13.8 Å². The number of nitro groups is 1. The van der Waals surface area contributed by atoms with Crippen LogP contribution in [0.2, 0.25) is 0 Å². The van der Waals surface area contributed by atoms with E-state index in [4.69, 9.17) is 5.26 Å². The second-order valence-corrected chi connectivity index (χ2v) is 4.98. The average Bonchev–Trinajstić information content (AvgIpc) is 2.42. The molecule has 0 radical (unpaired) electrons. The van der Waals surface area contributed by atoms with Gasteiger partial charge in [0.2, 0.25) is 0 Å². The van der Waals surface area contributed by atoms with Crippen molar-refractivity contribution in [1.29, 1.82) is 5.26 Å². The van der Waals surface area contributed by atoms with Gasteiger partial charge in [0.25, 0.3) is 5.69 Å². The van der Waals surface area contributed by atoms with Gasteiger partial charge in [0.15, 0.2) is 0 Å². The summed E-state index contributed by atoms with van der Waals surface area (Å²) in [6.07, 6.45) is 0.387. The van der Waals surface area contributed by atoms with Gasteiger partial charge in [-0.25, -0.2) is 0 Å². The third-order valence-electron chi connectivity index (χ3n) is 2.87. The first-order chi connectivity index (χ1) is 9.49. The Hall–Kier alpha value is -2.13. The molecule has 1 rings (SSSR count). The van der Waals surface area contributed by atoms with Crippen molar-refractivity contribution >= 4 is 11.4 Å². The summed E-state index contributed by atoms with van der Waals surface area (Å²) < 4.78 is 0. The molecule has 0 fully saturated rings. The highest BCUT2D eigenvalue weighted by Crippen LogP contribution is 2.25. The van der Waals surface area contributed by atoms with Crippen molar-refractivity contribution in [3.8, 4) is 6.07 Å². The lowest BCUT2D eigenvalue weighted by Crippen LogP contribution is -2.28. The van der Waals surface area contributed by atoms with Crippen LogP contribution in [0, 0.1) is 27.4 Å². The molecule has 0 aliphatic carbocycles. The molecule has 20 heavy (non-hydrogen) atoms. The van der Waals surface area contributed by atoms with Crippen LogP contribution in [-0.4, -0.2) is 23.1 Å². The minimum atomic E-state index is -0.503. The smallest absolute Gasteiger partial charge is 0.275 e. The fraction of sp³-hybridized carbons (Fsp3) is 0.500. The molecule has 108 valence electrons. The van der Waals surface area contributed by atoms with Crippen LogP contribution in [-0.2, 0) is 6.61 Å². The third-order valence-corrected chi connectivity index (χ3v) is 2.87. The third kappa shape index (κ3) is 4.21. The van der Waals surface area contributed by atoms with E-state index in [-0.39, 0.29) is 12.3 Å². The summed E-state index contributed by atoms with van der Waals surface area (Å²) in [5, 5.41) is 28.8. The highest BCUT2D eigenvalue weighted by molar-refractivity contribution is 5.55. The van der Waals surface area contributed by atoms with E-state index in [2.05, 4.69) is 19.9 Å². The quantitative estimate of drug-likeness (QED) is 0.610. The number of hydrogen-bond donors (Lipinski definition) is 1. The van der Waals surface area contributed by atoms with Crippen LogP contribution in [0.15, 0.2) is 18.2 Å². The predicted molar refractivity (Wildman–Crippen MR) is 76.3 cm³/mol. The van der Waals surface area contributed by atoms with Crippen LogP contribution in [0.25, 0.3) is 0 Å². The standard InChI is InChI=1S/C14H19N3O3/c1-11(2)9-16(7-3-6-15)13-4-5-14(17(19)20)12(8-13)10-18/h4-5,8,11,18H,3,7,9-10H2,1-2H3. The summed E-state index contributed by atoms with van der Waals surface area (Å²) >= 11 is 0. The first kappa shape index (κ1) is 15.9. The Morgan fingerprint density at radius 2 is 2.20 bits per heavy atom. The summed E-state index contributed by atoms with van der Waals surface area (Å²) in [6.45, 7) is 5.08. The maximum Gasteiger partial charge on any atom is 0.275 e. The zero-order valence-corrected chi connectivity index (χ0v) is 11.7. The molecular formula is C14H19N3O3. The van der Waals surface area contributed by atoms with Gasteiger partial charge in [-0.2, -0.15) is 5.26 Å². The first-order valence-electron chi connectivity index (χ1n) is 6.49. The van der Waals surface area contributed by atoms with Crippen molar-refractivity contribution in [1.82, 2.24) is 0 Å². The molecule has 0 spiro atoms. The average molecular weight is 277 g/mol. The van der Waals surface area contributed by atoms with Gasteiger partial charge in [-0.3, -0.25) is 10.1 Å². The van der Waals surface area contributed by atoms with Crippen LogP contribution >= 0.6 is 0 Å². The van der Waals surface area contributed by atoms with Gasteiger partial charge in [0.05, 0.1) is 29.6 Å². The molecule has 0 heterocycles. The molecule has 0 aliphatic rings. The molecule has 0 atom stereocenters. The molecule has 0 saturated heterocycles. The fourth-order valence-electron chi connectivity index (χ4n) is 2.02. The molecule has 0 aliphatic heterocycles. The van der Waals surface area contributed by atoms with Gasteiger partial charge in [0.1, 0.15) is 0 Å². The lowest BCUT2D eigenvalue weighted by Gasteiger charge is -2.26. The van der Waals surface area contributed by atoms with Gasteiger partial charge >= 0.3 is 0 Å². The molecule has 1 aromatic carbocycles. The number of benzene rings is 1. The zero-order valence-electron chi connectivity index (χ0n) is 11.7. The van der Waals surface area contributed by atoms with Crippen molar-refractivity contribution in [2.24, 2.45) is 5.92 Å². The van der Waals surface area contributed by atoms with Crippen LogP contribution < -0.4 is 4.90 Å². The molecule has 6 nitrogen and oxygen atoms in total. The minimum Gasteiger partial charge on any atom is -0.391 e. The van der Waals surface area contributed by atoms with E-state index in [1.807, 2.05) is 4.90 Å². The van der Waals surface area contributed by atoms with Crippen molar-refractivity contribution in [3.63, 3.8) is 0 Å². The van der Waals surface area contributed by atoms with Crippen molar-refractivity contribution in [2.45, 2.75) is 26.9 Å². The monoisotopic (exact) mass is 277 g/mol. The van der Waals surface area contributed by atoms with Crippen LogP contribution in [0.5, 0.6) is 0 Å². The Morgan fingerprint density at radius 1 is 1.50 bits per heavy atom. The Balaban J connectivity index is 3.07. The Labute approximate surface area is 118 Å². The largest absolute Gasteiger partial charge is 0.391 e. The first-order valence-corrected chi connectivity index (χ1v) is 6.49. The van der Waals surface area contributed by atoms with E-state index < -0.39 is 4.92 Å². The predicted octanol–water partition coefficient (Wildman–Crippen LogP) is 2.46. The second-order valence-electron chi connectivity index (χ2n) is 4.98. The molecule has 1 N–H and O–H groups in total. The molecular weight excluding hydrogens is 258 g/mol. The Kier molecular flexibility index (Phi) is 5.94. The summed E-state index contributed by atoms with van der Waals surface area (Å²) in [6, 6.07) is 6.79. The van der Waals surface area contributed by atoms with Crippen molar-refractivity contribution in [3.05, 3.63) is 33.9 Å². The second kappa shape index (κ2) is 7.46. The van der Waals surface area contributed by atoms with Crippen LogP contribution in [0.1, 0.15) is 25.8 Å². The van der Waals surface area contributed by atoms with E-state index in [9.17, 15) is 15.2 Å². The molecule has 0 aromatic heterocycles. The summed E-state index contributed by atoms with van der Waals surface area (Å²) in [4.78, 5) is 12.4. The van der Waals surface area contributed by atoms with Gasteiger partial charge in [0, 0.05) is 24.8 Å². The van der Waals surface area contributed by atoms with E-state index in [0.29, 0.717) is 24.4 Å². The van der Waals surface area contributed by atoms with Crippen LogP contribution in [0.3, 0.4) is 0 Å². The highest BCUT2D eigenvalue weighted by Gasteiger charge is 2.16. The van der Waals surface area contributed by atoms with E-state index in [0.717, 1.165) is 12.2 Å². The number of nitriles is 1. The Morgan fingerprint density at radius 3 is 2.70 bits per heavy atom. The molecule has 0 bridgehead atoms. The van der Waals surface area contributed by atoms with Crippen LogP contribution in [0.4, 0.5) is 11.4 Å². The SMILES string of the molecule is CC(C)CN(CCC#N)c1ccc([N+](=O)[O-])c(CO)c1. The van der Waals surface area contributed by atoms with E-state index in [1.54, 1.807) is 12.1 Å².